The normalized spacial score (nSPS) is 10.9. The van der Waals surface area contributed by atoms with Gasteiger partial charge in [0.25, 0.3) is 0 Å². The Bertz CT molecular complexity index is 1190. The summed E-state index contributed by atoms with van der Waals surface area (Å²) in [4.78, 5) is 12.3. The molecule has 0 aliphatic heterocycles. The fourth-order valence-electron chi connectivity index (χ4n) is 3.18. The predicted molar refractivity (Wildman–Crippen MR) is 122 cm³/mol. The zero-order chi connectivity index (χ0) is 21.6. The summed E-state index contributed by atoms with van der Waals surface area (Å²) in [5.74, 6) is 1.23. The number of amides is 1. The first-order valence-corrected chi connectivity index (χ1v) is 10.6. The molecule has 0 spiro atoms. The van der Waals surface area contributed by atoms with Gasteiger partial charge in [0.1, 0.15) is 5.82 Å². The molecule has 1 amide bonds. The number of fused-ring (bicyclic) bond motifs is 1. The first kappa shape index (κ1) is 20.8. The van der Waals surface area contributed by atoms with Gasteiger partial charge in [-0.25, -0.2) is 0 Å². The van der Waals surface area contributed by atoms with Crippen LogP contribution in [0.25, 0.3) is 5.65 Å². The summed E-state index contributed by atoms with van der Waals surface area (Å²) in [6, 6.07) is 19.2. The second kappa shape index (κ2) is 9.57. The lowest BCUT2D eigenvalue weighted by atomic mass is 10.1. The summed E-state index contributed by atoms with van der Waals surface area (Å²) in [7, 11) is 0. The van der Waals surface area contributed by atoms with E-state index in [0.717, 1.165) is 17.7 Å². The number of carbonyl (C=O) groups is 1. The Balaban J connectivity index is 1.39. The number of hydrogen-bond acceptors (Lipinski definition) is 5. The van der Waals surface area contributed by atoms with Crippen molar-refractivity contribution in [2.24, 2.45) is 0 Å². The van der Waals surface area contributed by atoms with E-state index in [-0.39, 0.29) is 12.3 Å². The third-order valence-corrected chi connectivity index (χ3v) is 5.34. The minimum atomic E-state index is -0.0750. The minimum absolute atomic E-state index is 0.0750. The quantitative estimate of drug-likeness (QED) is 0.426. The monoisotopic (exact) mass is 434 g/mol. The average molecular weight is 435 g/mol. The molecule has 0 bridgehead atoms. The van der Waals surface area contributed by atoms with E-state index >= 15 is 0 Å². The molecule has 0 unspecified atom stereocenters. The molecule has 7 nitrogen and oxygen atoms in total. The lowest BCUT2D eigenvalue weighted by Gasteiger charge is -2.08. The highest BCUT2D eigenvalue weighted by Gasteiger charge is 2.11. The highest BCUT2D eigenvalue weighted by molar-refractivity contribution is 6.31. The molecule has 0 radical (unpaired) electrons. The molecule has 4 rings (SSSR count). The van der Waals surface area contributed by atoms with E-state index in [2.05, 4.69) is 32.9 Å². The van der Waals surface area contributed by atoms with Crippen LogP contribution in [0.5, 0.6) is 0 Å². The number of anilines is 2. The highest BCUT2D eigenvalue weighted by atomic mass is 35.5. The topological polar surface area (TPSA) is 84.2 Å². The molecule has 2 aromatic heterocycles. The van der Waals surface area contributed by atoms with Crippen LogP contribution in [0.15, 0.2) is 60.7 Å². The summed E-state index contributed by atoms with van der Waals surface area (Å²) < 4.78 is 1.66. The van der Waals surface area contributed by atoms with Gasteiger partial charge in [0.05, 0.1) is 0 Å². The summed E-state index contributed by atoms with van der Waals surface area (Å²) in [6.07, 6.45) is 1.69. The maximum absolute atomic E-state index is 12.3. The first-order chi connectivity index (χ1) is 15.1. The van der Waals surface area contributed by atoms with E-state index in [1.807, 2.05) is 60.7 Å². The Kier molecular flexibility index (Phi) is 6.43. The van der Waals surface area contributed by atoms with Gasteiger partial charge in [-0.1, -0.05) is 48.9 Å². The first-order valence-electron chi connectivity index (χ1n) is 10.2. The average Bonchev–Trinajstić information content (AvgIpc) is 3.20. The number of aryl methyl sites for hydroxylation is 2. The third kappa shape index (κ3) is 5.19. The number of carbonyl (C=O) groups excluding carboxylic acids is 1. The maximum atomic E-state index is 12.3. The number of aromatic nitrogens is 4. The molecule has 0 saturated carbocycles. The molecular weight excluding hydrogens is 412 g/mol. The van der Waals surface area contributed by atoms with E-state index in [1.165, 1.54) is 5.56 Å². The second-order valence-electron chi connectivity index (χ2n) is 7.15. The molecule has 2 heterocycles. The molecule has 0 atom stereocenters. The number of nitrogens with one attached hydrogen (secondary N) is 2. The van der Waals surface area contributed by atoms with Gasteiger partial charge in [-0.3, -0.25) is 4.79 Å². The van der Waals surface area contributed by atoms with Crippen molar-refractivity contribution in [1.29, 1.82) is 0 Å². The van der Waals surface area contributed by atoms with Crippen LogP contribution in [0.3, 0.4) is 0 Å². The summed E-state index contributed by atoms with van der Waals surface area (Å²) >= 11 is 6.21. The number of benzene rings is 2. The van der Waals surface area contributed by atoms with Crippen LogP contribution in [-0.2, 0) is 24.2 Å². The molecule has 8 heteroatoms. The predicted octanol–water partition coefficient (Wildman–Crippen LogP) is 4.52. The van der Waals surface area contributed by atoms with Gasteiger partial charge in [-0.05, 0) is 47.9 Å². The van der Waals surface area contributed by atoms with Crippen molar-refractivity contribution in [3.63, 3.8) is 0 Å². The van der Waals surface area contributed by atoms with Crippen molar-refractivity contribution in [2.45, 2.75) is 32.7 Å². The highest BCUT2D eigenvalue weighted by Crippen LogP contribution is 2.17. The van der Waals surface area contributed by atoms with E-state index in [4.69, 9.17) is 11.6 Å². The summed E-state index contributed by atoms with van der Waals surface area (Å²) in [5, 5.41) is 19.8. The molecule has 2 N–H and O–H groups in total. The van der Waals surface area contributed by atoms with E-state index < -0.39 is 0 Å². The Hall–Kier alpha value is -3.45. The van der Waals surface area contributed by atoms with Crippen molar-refractivity contribution < 1.29 is 4.79 Å². The van der Waals surface area contributed by atoms with Crippen LogP contribution >= 0.6 is 11.6 Å². The van der Waals surface area contributed by atoms with Crippen molar-refractivity contribution >= 4 is 34.7 Å². The second-order valence-corrected chi connectivity index (χ2v) is 7.56. The largest absolute Gasteiger partial charge is 0.364 e. The number of halogens is 1. The lowest BCUT2D eigenvalue weighted by Crippen LogP contribution is -2.13. The van der Waals surface area contributed by atoms with Crippen LogP contribution < -0.4 is 10.6 Å². The van der Waals surface area contributed by atoms with Crippen molar-refractivity contribution in [2.75, 3.05) is 10.6 Å². The molecule has 4 aromatic rings. The van der Waals surface area contributed by atoms with Crippen molar-refractivity contribution in [1.82, 2.24) is 19.8 Å². The Morgan fingerprint density at radius 1 is 1.03 bits per heavy atom. The van der Waals surface area contributed by atoms with Crippen molar-refractivity contribution in [3.05, 3.63) is 82.6 Å². The molecule has 2 aromatic carbocycles. The Labute approximate surface area is 185 Å². The van der Waals surface area contributed by atoms with Crippen LogP contribution in [0.1, 0.15) is 30.3 Å². The van der Waals surface area contributed by atoms with Crippen LogP contribution in [0.4, 0.5) is 11.5 Å². The standard InChI is InChI=1S/C23H23ClN6O/c1-2-16-7-9-18(10-8-16)26-23(31)14-13-22-28-27-21-12-11-20(29-30(21)22)25-15-17-5-3-4-6-19(17)24/h3-12H,2,13-15H2,1H3,(H,25,29)(H,26,31). The zero-order valence-electron chi connectivity index (χ0n) is 17.2. The number of nitrogens with zero attached hydrogens (tertiary/aromatic N) is 4. The zero-order valence-corrected chi connectivity index (χ0v) is 17.9. The molecule has 0 saturated heterocycles. The Morgan fingerprint density at radius 2 is 1.84 bits per heavy atom. The van der Waals surface area contributed by atoms with E-state index in [1.54, 1.807) is 4.52 Å². The van der Waals surface area contributed by atoms with Crippen LogP contribution in [-0.4, -0.2) is 25.7 Å². The van der Waals surface area contributed by atoms with Gasteiger partial charge in [-0.2, -0.15) is 4.52 Å². The van der Waals surface area contributed by atoms with Gasteiger partial charge in [-0.15, -0.1) is 15.3 Å². The molecule has 158 valence electrons. The molecule has 0 aliphatic rings. The summed E-state index contributed by atoms with van der Waals surface area (Å²) in [5.41, 5.74) is 3.64. The molecule has 0 aliphatic carbocycles. The van der Waals surface area contributed by atoms with E-state index in [9.17, 15) is 4.79 Å². The molecule has 0 fully saturated rings. The fraction of sp³-hybridized carbons (Fsp3) is 0.217. The van der Waals surface area contributed by atoms with Gasteiger partial charge in [0.15, 0.2) is 11.5 Å². The SMILES string of the molecule is CCc1ccc(NC(=O)CCc2nnc3ccc(NCc4ccccc4Cl)nn23)cc1. The lowest BCUT2D eigenvalue weighted by molar-refractivity contribution is -0.116. The minimum Gasteiger partial charge on any atom is -0.364 e. The van der Waals surface area contributed by atoms with Gasteiger partial charge < -0.3 is 10.6 Å². The van der Waals surface area contributed by atoms with Gasteiger partial charge in [0, 0.05) is 30.1 Å². The molecular formula is C23H23ClN6O. The van der Waals surface area contributed by atoms with Crippen molar-refractivity contribution in [3.8, 4) is 0 Å². The number of rotatable bonds is 8. The van der Waals surface area contributed by atoms with E-state index in [0.29, 0.717) is 35.3 Å². The van der Waals surface area contributed by atoms with Crippen LogP contribution in [0, 0.1) is 0 Å². The number of hydrogen-bond donors (Lipinski definition) is 2. The molecule has 31 heavy (non-hydrogen) atoms. The van der Waals surface area contributed by atoms with Gasteiger partial charge >= 0.3 is 0 Å². The van der Waals surface area contributed by atoms with Crippen LogP contribution in [0.2, 0.25) is 5.02 Å². The Morgan fingerprint density at radius 3 is 2.61 bits per heavy atom. The van der Waals surface area contributed by atoms with Gasteiger partial charge in [0.2, 0.25) is 5.91 Å². The fourth-order valence-corrected chi connectivity index (χ4v) is 3.39. The summed E-state index contributed by atoms with van der Waals surface area (Å²) in [6.45, 7) is 2.65. The smallest absolute Gasteiger partial charge is 0.224 e. The third-order valence-electron chi connectivity index (χ3n) is 4.97. The maximum Gasteiger partial charge on any atom is 0.224 e.